The average molecular weight is 228 g/mol. The molecule has 0 radical (unpaired) electrons. The van der Waals surface area contributed by atoms with Crippen LogP contribution < -0.4 is 5.32 Å². The number of fused-ring (bicyclic) bond motifs is 2. The van der Waals surface area contributed by atoms with Gasteiger partial charge in [-0.3, -0.25) is 4.79 Å². The molecule has 0 spiro atoms. The van der Waals surface area contributed by atoms with Gasteiger partial charge in [0.25, 0.3) is 6.47 Å². The molecular weight excluding hydrogens is 216 g/mol. The number of hydrogen-bond donors (Lipinski definition) is 1. The second-order valence-electron chi connectivity index (χ2n) is 4.08. The molecule has 1 aliphatic carbocycles. The number of carbonyl (C=O) groups excluding carboxylic acids is 1. The first-order valence-electron chi connectivity index (χ1n) is 5.58. The van der Waals surface area contributed by atoms with Crippen molar-refractivity contribution in [1.82, 2.24) is 0 Å². The molecule has 1 N–H and O–H groups in total. The Morgan fingerprint density at radius 2 is 2.29 bits per heavy atom. The van der Waals surface area contributed by atoms with Gasteiger partial charge in [-0.1, -0.05) is 18.2 Å². The van der Waals surface area contributed by atoms with Crippen LogP contribution in [0.25, 0.3) is 0 Å². The molecule has 3 rings (SSSR count). The zero-order valence-corrected chi connectivity index (χ0v) is 9.17. The average Bonchev–Trinajstić information content (AvgIpc) is 2.37. The molecule has 0 saturated heterocycles. The highest BCUT2D eigenvalue weighted by molar-refractivity contribution is 6.06. The largest absolute Gasteiger partial charge is 0.462 e. The molecule has 1 heterocycles. The van der Waals surface area contributed by atoms with Crippen molar-refractivity contribution in [3.63, 3.8) is 0 Å². The fourth-order valence-corrected chi connectivity index (χ4v) is 2.23. The minimum atomic E-state index is -0.176. The van der Waals surface area contributed by atoms with Gasteiger partial charge in [0.2, 0.25) is 0 Å². The molecule has 0 amide bonds. The molecule has 0 aromatic heterocycles. The Hall–Kier alpha value is -2.10. The van der Waals surface area contributed by atoms with E-state index in [4.69, 9.17) is 4.74 Å². The van der Waals surface area contributed by atoms with Crippen LogP contribution in [0.2, 0.25) is 0 Å². The Bertz CT molecular complexity index is 508. The zero-order chi connectivity index (χ0) is 11.7. The van der Waals surface area contributed by atoms with Crippen molar-refractivity contribution in [2.75, 3.05) is 5.32 Å². The van der Waals surface area contributed by atoms with Crippen LogP contribution in [0.1, 0.15) is 6.42 Å². The van der Waals surface area contributed by atoms with Crippen LogP contribution in [0.3, 0.4) is 0 Å². The summed E-state index contributed by atoms with van der Waals surface area (Å²) in [4.78, 5) is 15.1. The normalized spacial score (nSPS) is 25.1. The van der Waals surface area contributed by atoms with Crippen molar-refractivity contribution >= 4 is 23.6 Å². The summed E-state index contributed by atoms with van der Waals surface area (Å²) in [5.74, 6) is 0. The minimum absolute atomic E-state index is 0.0416. The van der Waals surface area contributed by atoms with E-state index >= 15 is 0 Å². The number of para-hydroxylation sites is 2. The van der Waals surface area contributed by atoms with Crippen molar-refractivity contribution in [3.05, 3.63) is 36.4 Å². The van der Waals surface area contributed by atoms with E-state index in [2.05, 4.69) is 10.3 Å². The van der Waals surface area contributed by atoms with Crippen LogP contribution in [-0.2, 0) is 9.53 Å². The van der Waals surface area contributed by atoms with E-state index in [1.807, 2.05) is 36.4 Å². The molecule has 1 aliphatic heterocycles. The lowest BCUT2D eigenvalue weighted by Crippen LogP contribution is -2.44. The van der Waals surface area contributed by atoms with Gasteiger partial charge in [0.05, 0.1) is 17.1 Å². The number of benzene rings is 1. The van der Waals surface area contributed by atoms with Gasteiger partial charge in [0.1, 0.15) is 12.1 Å². The zero-order valence-electron chi connectivity index (χ0n) is 9.17. The summed E-state index contributed by atoms with van der Waals surface area (Å²) in [6.45, 7) is 0.504. The molecule has 86 valence electrons. The third kappa shape index (κ3) is 1.71. The van der Waals surface area contributed by atoms with E-state index < -0.39 is 0 Å². The molecule has 17 heavy (non-hydrogen) atoms. The summed E-state index contributed by atoms with van der Waals surface area (Å²) >= 11 is 0. The molecule has 1 aromatic carbocycles. The molecule has 0 bridgehead atoms. The summed E-state index contributed by atoms with van der Waals surface area (Å²) in [5.41, 5.74) is 2.83. The first-order valence-corrected chi connectivity index (χ1v) is 5.58. The number of aliphatic imine (C=N–C) groups is 1. The second kappa shape index (κ2) is 4.05. The smallest absolute Gasteiger partial charge is 0.293 e. The standard InChI is InChI=1S/C13H12N2O2/c16-8-17-12-7-3-6-11-13(12)15-10-5-2-1-4-9(10)14-11/h1-6,8,12-13,15H,7H2/t12-,13?/m1/s1. The van der Waals surface area contributed by atoms with Crippen LogP contribution in [0, 0.1) is 0 Å². The van der Waals surface area contributed by atoms with Gasteiger partial charge in [-0.05, 0) is 18.2 Å². The highest BCUT2D eigenvalue weighted by Gasteiger charge is 2.31. The van der Waals surface area contributed by atoms with Gasteiger partial charge >= 0.3 is 0 Å². The van der Waals surface area contributed by atoms with Crippen molar-refractivity contribution in [1.29, 1.82) is 0 Å². The minimum Gasteiger partial charge on any atom is -0.462 e. The van der Waals surface area contributed by atoms with E-state index in [1.54, 1.807) is 0 Å². The molecule has 1 aromatic rings. The topological polar surface area (TPSA) is 50.7 Å². The molecule has 0 fully saturated rings. The Balaban J connectivity index is 1.99. The fraction of sp³-hybridized carbons (Fsp3) is 0.231. The Labute approximate surface area is 99.0 Å². The van der Waals surface area contributed by atoms with Gasteiger partial charge in [-0.25, -0.2) is 4.99 Å². The highest BCUT2D eigenvalue weighted by Crippen LogP contribution is 2.32. The SMILES string of the molecule is O=CO[C@@H]1CC=CC2=Nc3ccccc3NC21. The lowest BCUT2D eigenvalue weighted by atomic mass is 9.94. The fourth-order valence-electron chi connectivity index (χ4n) is 2.23. The van der Waals surface area contributed by atoms with Crippen molar-refractivity contribution in [2.24, 2.45) is 4.99 Å². The third-order valence-corrected chi connectivity index (χ3v) is 3.04. The number of carbonyl (C=O) groups is 1. The maximum absolute atomic E-state index is 10.5. The number of anilines is 1. The first-order chi connectivity index (χ1) is 8.38. The lowest BCUT2D eigenvalue weighted by Gasteiger charge is -2.32. The van der Waals surface area contributed by atoms with E-state index in [9.17, 15) is 4.79 Å². The predicted molar refractivity (Wildman–Crippen MR) is 65.6 cm³/mol. The van der Waals surface area contributed by atoms with E-state index in [0.29, 0.717) is 6.47 Å². The maximum Gasteiger partial charge on any atom is 0.293 e. The van der Waals surface area contributed by atoms with Crippen LogP contribution >= 0.6 is 0 Å². The summed E-state index contributed by atoms with van der Waals surface area (Å²) in [7, 11) is 0. The van der Waals surface area contributed by atoms with Gasteiger partial charge in [0.15, 0.2) is 0 Å². The lowest BCUT2D eigenvalue weighted by molar-refractivity contribution is -0.133. The van der Waals surface area contributed by atoms with Gasteiger partial charge in [0, 0.05) is 6.42 Å². The summed E-state index contributed by atoms with van der Waals surface area (Å²) in [5, 5.41) is 3.37. The Morgan fingerprint density at radius 1 is 1.41 bits per heavy atom. The van der Waals surface area contributed by atoms with Gasteiger partial charge in [-0.15, -0.1) is 0 Å². The highest BCUT2D eigenvalue weighted by atomic mass is 16.5. The molecule has 1 unspecified atom stereocenters. The molecule has 2 aliphatic rings. The number of nitrogens with zero attached hydrogens (tertiary/aromatic N) is 1. The van der Waals surface area contributed by atoms with Crippen LogP contribution in [-0.4, -0.2) is 24.3 Å². The van der Waals surface area contributed by atoms with Crippen molar-refractivity contribution in [3.8, 4) is 0 Å². The van der Waals surface area contributed by atoms with Crippen LogP contribution in [0.5, 0.6) is 0 Å². The maximum atomic E-state index is 10.5. The van der Waals surface area contributed by atoms with Gasteiger partial charge < -0.3 is 10.1 Å². The third-order valence-electron chi connectivity index (χ3n) is 3.04. The Kier molecular flexibility index (Phi) is 2.40. The van der Waals surface area contributed by atoms with Crippen LogP contribution in [0.15, 0.2) is 41.4 Å². The van der Waals surface area contributed by atoms with Crippen LogP contribution in [0.4, 0.5) is 11.4 Å². The molecule has 0 saturated carbocycles. The van der Waals surface area contributed by atoms with Crippen molar-refractivity contribution in [2.45, 2.75) is 18.6 Å². The number of hydrogen-bond acceptors (Lipinski definition) is 4. The van der Waals surface area contributed by atoms with Crippen molar-refractivity contribution < 1.29 is 9.53 Å². The first kappa shape index (κ1) is 10.1. The molecular formula is C13H12N2O2. The number of nitrogens with one attached hydrogen (secondary N) is 1. The summed E-state index contributed by atoms with van der Waals surface area (Å²) in [6.07, 6.45) is 4.51. The molecule has 4 heteroatoms. The summed E-state index contributed by atoms with van der Waals surface area (Å²) < 4.78 is 5.09. The number of ether oxygens (including phenoxy) is 1. The summed E-state index contributed by atoms with van der Waals surface area (Å²) in [6, 6.07) is 7.81. The molecule has 4 nitrogen and oxygen atoms in total. The quantitative estimate of drug-likeness (QED) is 0.788. The Morgan fingerprint density at radius 3 is 3.18 bits per heavy atom. The van der Waals surface area contributed by atoms with Gasteiger partial charge in [-0.2, -0.15) is 0 Å². The predicted octanol–water partition coefficient (Wildman–Crippen LogP) is 2.05. The second-order valence-corrected chi connectivity index (χ2v) is 4.08. The van der Waals surface area contributed by atoms with E-state index in [-0.39, 0.29) is 12.1 Å². The monoisotopic (exact) mass is 228 g/mol. The molecule has 2 atom stereocenters. The number of rotatable bonds is 2. The van der Waals surface area contributed by atoms with E-state index in [1.165, 1.54) is 0 Å². The van der Waals surface area contributed by atoms with E-state index in [0.717, 1.165) is 23.5 Å².